The molecule has 0 saturated carbocycles. The first-order valence-electron chi connectivity index (χ1n) is 15.7. The van der Waals surface area contributed by atoms with E-state index in [0.717, 1.165) is 4.90 Å². The summed E-state index contributed by atoms with van der Waals surface area (Å²) in [5.41, 5.74) is -0.108. The highest BCUT2D eigenvalue weighted by Crippen LogP contribution is 2.38. The van der Waals surface area contributed by atoms with E-state index in [0.29, 0.717) is 0 Å². The number of nitrogens with zero attached hydrogens (tertiary/aromatic N) is 1. The van der Waals surface area contributed by atoms with E-state index in [4.69, 9.17) is 9.84 Å². The van der Waals surface area contributed by atoms with Crippen molar-refractivity contribution in [2.75, 3.05) is 70.4 Å². The maximum absolute atomic E-state index is 14.0. The third-order valence-electron chi connectivity index (χ3n) is 7.25. The first kappa shape index (κ1) is 51.5. The van der Waals surface area contributed by atoms with Crippen LogP contribution < -0.4 is 31.5 Å². The summed E-state index contributed by atoms with van der Waals surface area (Å²) >= 11 is 10.7. The monoisotopic (exact) mass is 1460 g/mol. The van der Waals surface area contributed by atoms with Crippen LogP contribution in [-0.4, -0.2) is 149 Å². The van der Waals surface area contributed by atoms with Crippen molar-refractivity contribution < 1.29 is 64.1 Å². The van der Waals surface area contributed by atoms with Crippen molar-refractivity contribution in [3.63, 3.8) is 0 Å². The fraction of sp³-hybridized carbons (Fsp3) is 0.419. The van der Waals surface area contributed by atoms with Crippen LogP contribution in [0.25, 0.3) is 0 Å². The third kappa shape index (κ3) is 13.7. The van der Waals surface area contributed by atoms with Crippen molar-refractivity contribution in [1.29, 1.82) is 0 Å². The molecule has 11 N–H and O–H groups in total. The highest BCUT2D eigenvalue weighted by molar-refractivity contribution is 14.1. The number of anilines is 2. The number of likely N-dealkylation sites (N-methyl/N-ethyl adjacent to an activating group) is 1. The van der Waals surface area contributed by atoms with Gasteiger partial charge in [0.1, 0.15) is 6.61 Å². The first-order valence-corrected chi connectivity index (χ1v) is 22.4. The summed E-state index contributed by atoms with van der Waals surface area (Å²) in [7, 11) is 2.65. The number of hydrogen-bond donors (Lipinski definition) is 11. The predicted octanol–water partition coefficient (Wildman–Crippen LogP) is -0.303. The Kier molecular flexibility index (Phi) is 22.6. The first-order chi connectivity index (χ1) is 26.3. The maximum atomic E-state index is 14.0. The molecular weight excluding hydrogens is 1430 g/mol. The van der Waals surface area contributed by atoms with E-state index in [1.54, 1.807) is 67.8 Å². The van der Waals surface area contributed by atoms with Gasteiger partial charge in [-0.05, 0) is 142 Å². The van der Waals surface area contributed by atoms with Crippen LogP contribution >= 0.6 is 136 Å². The molecule has 0 bridgehead atoms. The molecular formula is C31H36I6N6O13. The molecule has 6 amide bonds. The summed E-state index contributed by atoms with van der Waals surface area (Å²) in [5, 5.41) is 69.6. The van der Waals surface area contributed by atoms with Gasteiger partial charge in [-0.15, -0.1) is 0 Å². The molecule has 4 atom stereocenters. The Morgan fingerprint density at radius 2 is 1.09 bits per heavy atom. The number of nitrogens with one attached hydrogen (secondary N) is 5. The number of halogens is 6. The summed E-state index contributed by atoms with van der Waals surface area (Å²) in [6.07, 6.45) is -3.83. The van der Waals surface area contributed by atoms with Gasteiger partial charge in [-0.25, -0.2) is 0 Å². The average Bonchev–Trinajstić information content (AvgIpc) is 3.15. The highest BCUT2D eigenvalue weighted by atomic mass is 127. The molecule has 0 fully saturated rings. The minimum Gasteiger partial charge on any atom is -0.394 e. The summed E-state index contributed by atoms with van der Waals surface area (Å²) in [4.78, 5) is 81.7. The Balaban J connectivity index is 2.63. The number of alkyl halides is 1. The zero-order chi connectivity index (χ0) is 42.6. The average molecular weight is 1460 g/mol. The maximum Gasteiger partial charge on any atom is 0.259 e. The van der Waals surface area contributed by atoms with Crippen LogP contribution in [0.3, 0.4) is 0 Å². The molecule has 0 saturated heterocycles. The minimum absolute atomic E-state index is 0.0536. The lowest BCUT2D eigenvalue weighted by Crippen LogP contribution is -2.45. The topological polar surface area (TPSA) is 296 Å². The van der Waals surface area contributed by atoms with E-state index >= 15 is 0 Å². The number of hydrogen-bond acceptors (Lipinski definition) is 13. The van der Waals surface area contributed by atoms with Crippen LogP contribution in [0.2, 0.25) is 0 Å². The fourth-order valence-corrected chi connectivity index (χ4v) is 12.1. The lowest BCUT2D eigenvalue weighted by atomic mass is 10.1. The quantitative estimate of drug-likeness (QED) is 0.0490. The Labute approximate surface area is 401 Å². The molecule has 0 heterocycles. The van der Waals surface area contributed by atoms with Crippen molar-refractivity contribution in [3.8, 4) is 0 Å². The molecule has 2 aromatic rings. The second kappa shape index (κ2) is 24.6. The van der Waals surface area contributed by atoms with Crippen LogP contribution in [0, 0.1) is 17.9 Å². The molecule has 0 aliphatic rings. The summed E-state index contributed by atoms with van der Waals surface area (Å²) < 4.78 is 4.58. The number of aliphatic hydroxyl groups is 6. The molecule has 2 rings (SSSR count). The lowest BCUT2D eigenvalue weighted by molar-refractivity contribution is -0.119. The summed E-state index contributed by atoms with van der Waals surface area (Å²) in [6.45, 7) is -3.24. The SMILES string of the molecule is COCC(=O)Nc1c(I)c(C(=O)NCC(O)CO)cc(C(=O)NC(I)C(=O)N(C)c2c(I)c(C(=O)NCC(O)CO)c(I)c(C(=O)NCC(O)CO)c2I)c1I. The molecule has 25 heteroatoms. The minimum atomic E-state index is -1.32. The Morgan fingerprint density at radius 3 is 1.50 bits per heavy atom. The molecule has 0 aliphatic heterocycles. The number of methoxy groups -OCH3 is 1. The van der Waals surface area contributed by atoms with E-state index in [1.165, 1.54) is 20.2 Å². The van der Waals surface area contributed by atoms with E-state index in [1.807, 2.05) is 67.8 Å². The fourth-order valence-electron chi connectivity index (χ4n) is 4.36. The van der Waals surface area contributed by atoms with Gasteiger partial charge in [0.05, 0.1) is 86.0 Å². The molecule has 0 spiro atoms. The van der Waals surface area contributed by atoms with Crippen LogP contribution in [0.5, 0.6) is 0 Å². The Bertz CT molecular complexity index is 1770. The van der Waals surface area contributed by atoms with E-state index in [-0.39, 0.29) is 77.7 Å². The van der Waals surface area contributed by atoms with Crippen LogP contribution in [0.4, 0.5) is 11.4 Å². The Morgan fingerprint density at radius 1 is 0.679 bits per heavy atom. The van der Waals surface area contributed by atoms with Gasteiger partial charge in [-0.3, -0.25) is 28.8 Å². The van der Waals surface area contributed by atoms with Gasteiger partial charge in [0.2, 0.25) is 5.91 Å². The molecule has 56 heavy (non-hydrogen) atoms. The molecule has 2 aromatic carbocycles. The molecule has 0 aromatic heterocycles. The number of ether oxygens (including phenoxy) is 1. The zero-order valence-electron chi connectivity index (χ0n) is 29.1. The second-order valence-electron chi connectivity index (χ2n) is 11.4. The molecule has 310 valence electrons. The highest BCUT2D eigenvalue weighted by Gasteiger charge is 2.34. The standard InChI is InChI=1S/C31H36I6N6O13/c1-43(25-22(35)17(29(53)39-5-12(48)8-45)21(34)18(23(25)36)30(54)40-6-13(49)9-46)31(55)26(37)42-28(52)15-3-14(27(51)38-4-11(47)7-44)19(32)24(20(15)33)41-16(50)10-56-2/h3,11-13,26,44-49H,4-10H2,1-2H3,(H,38,51)(H,39,53)(H,40,54)(H,41,50)(H,42,52). The van der Waals surface area contributed by atoms with Gasteiger partial charge < -0.3 is 66.9 Å². The molecule has 4 unspecified atom stereocenters. The van der Waals surface area contributed by atoms with Crippen molar-refractivity contribution in [2.45, 2.75) is 22.4 Å². The third-order valence-corrected chi connectivity index (χ3v) is 13.5. The van der Waals surface area contributed by atoms with Crippen LogP contribution in [-0.2, 0) is 14.3 Å². The number of aliphatic hydroxyl groups excluding tert-OH is 6. The smallest absolute Gasteiger partial charge is 0.259 e. The van der Waals surface area contributed by atoms with Crippen molar-refractivity contribution in [2.24, 2.45) is 0 Å². The predicted molar refractivity (Wildman–Crippen MR) is 252 cm³/mol. The molecule has 0 radical (unpaired) electrons. The second-order valence-corrected chi connectivity index (χ2v) is 18.0. The number of rotatable bonds is 19. The van der Waals surface area contributed by atoms with E-state index in [9.17, 15) is 54.3 Å². The lowest BCUT2D eigenvalue weighted by Gasteiger charge is -2.27. The van der Waals surface area contributed by atoms with Crippen LogP contribution in [0.1, 0.15) is 41.4 Å². The summed E-state index contributed by atoms with van der Waals surface area (Å²) in [6, 6.07) is 1.24. The molecule has 0 aliphatic carbocycles. The van der Waals surface area contributed by atoms with Gasteiger partial charge in [-0.1, -0.05) is 0 Å². The van der Waals surface area contributed by atoms with Crippen molar-refractivity contribution in [1.82, 2.24) is 21.3 Å². The van der Waals surface area contributed by atoms with Gasteiger partial charge in [0, 0.05) is 37.4 Å². The number of carbonyl (C=O) groups is 6. The van der Waals surface area contributed by atoms with Crippen molar-refractivity contribution >= 4 is 182 Å². The van der Waals surface area contributed by atoms with Crippen molar-refractivity contribution in [3.05, 3.63) is 46.2 Å². The van der Waals surface area contributed by atoms with Gasteiger partial charge in [0.25, 0.3) is 29.5 Å². The van der Waals surface area contributed by atoms with Gasteiger partial charge in [-0.2, -0.15) is 0 Å². The number of carbonyl (C=O) groups excluding carboxylic acids is 6. The summed E-state index contributed by atoms with van der Waals surface area (Å²) in [5.74, 6) is -4.40. The van der Waals surface area contributed by atoms with Gasteiger partial charge in [0.15, 0.2) is 4.05 Å². The number of benzene rings is 2. The van der Waals surface area contributed by atoms with Gasteiger partial charge >= 0.3 is 0 Å². The Hall–Kier alpha value is -0.640. The number of amides is 6. The van der Waals surface area contributed by atoms with E-state index in [2.05, 4.69) is 26.6 Å². The van der Waals surface area contributed by atoms with E-state index < -0.39 is 77.6 Å². The normalized spacial score (nSPS) is 13.2. The van der Waals surface area contributed by atoms with Crippen LogP contribution in [0.15, 0.2) is 6.07 Å². The zero-order valence-corrected chi connectivity index (χ0v) is 42.0. The molecule has 19 nitrogen and oxygen atoms in total. The largest absolute Gasteiger partial charge is 0.394 e.